The first-order valence-corrected chi connectivity index (χ1v) is 9.59. The molecule has 25 heavy (non-hydrogen) atoms. The first kappa shape index (κ1) is 19.5. The van der Waals surface area contributed by atoms with E-state index in [1.807, 2.05) is 26.0 Å². The average Bonchev–Trinajstić information content (AvgIpc) is 2.58. The molecule has 0 aliphatic carbocycles. The first-order valence-electron chi connectivity index (χ1n) is 8.23. The summed E-state index contributed by atoms with van der Waals surface area (Å²) >= 11 is 7.42. The van der Waals surface area contributed by atoms with E-state index in [0.717, 1.165) is 11.3 Å². The number of benzene rings is 1. The topological polar surface area (TPSA) is 58.1 Å². The molecule has 1 heterocycles. The second kappa shape index (κ2) is 9.06. The van der Waals surface area contributed by atoms with E-state index in [-0.39, 0.29) is 5.91 Å². The van der Waals surface area contributed by atoms with Gasteiger partial charge in [-0.2, -0.15) is 0 Å². The van der Waals surface area contributed by atoms with Crippen molar-refractivity contribution in [2.45, 2.75) is 32.9 Å². The van der Waals surface area contributed by atoms with E-state index >= 15 is 0 Å². The van der Waals surface area contributed by atoms with Crippen LogP contribution >= 0.6 is 23.4 Å². The van der Waals surface area contributed by atoms with Crippen molar-refractivity contribution in [3.05, 3.63) is 40.5 Å². The van der Waals surface area contributed by atoms with Crippen LogP contribution in [0.3, 0.4) is 0 Å². The molecule has 0 aliphatic heterocycles. The molecule has 0 bridgehead atoms. The molecule has 0 saturated heterocycles. The van der Waals surface area contributed by atoms with Crippen molar-refractivity contribution in [1.29, 1.82) is 0 Å². The Morgan fingerprint density at radius 2 is 1.96 bits per heavy atom. The lowest BCUT2D eigenvalue weighted by atomic mass is 10.1. The van der Waals surface area contributed by atoms with Crippen molar-refractivity contribution < 1.29 is 4.79 Å². The fraction of sp³-hybridized carbons (Fsp3) is 0.389. The third-order valence-corrected chi connectivity index (χ3v) is 5.01. The minimum absolute atomic E-state index is 0.0719. The highest BCUT2D eigenvalue weighted by atomic mass is 35.5. The molecule has 0 spiro atoms. The fourth-order valence-electron chi connectivity index (χ4n) is 2.34. The number of halogens is 1. The van der Waals surface area contributed by atoms with Gasteiger partial charge in [-0.15, -0.1) is 0 Å². The van der Waals surface area contributed by atoms with Crippen LogP contribution < -0.4 is 5.32 Å². The van der Waals surface area contributed by atoms with E-state index in [0.29, 0.717) is 35.0 Å². The maximum Gasteiger partial charge on any atom is 0.233 e. The van der Waals surface area contributed by atoms with Gasteiger partial charge in [-0.05, 0) is 44.9 Å². The number of thioether (sulfide) groups is 1. The van der Waals surface area contributed by atoms with Gasteiger partial charge in [0.2, 0.25) is 5.91 Å². The van der Waals surface area contributed by atoms with E-state index in [1.54, 1.807) is 11.0 Å². The lowest BCUT2D eigenvalue weighted by Gasteiger charge is -2.18. The molecular weight excluding hydrogens is 356 g/mol. The van der Waals surface area contributed by atoms with Crippen LogP contribution in [0.25, 0.3) is 0 Å². The molecule has 0 saturated carbocycles. The molecule has 1 aromatic carbocycles. The highest BCUT2D eigenvalue weighted by Crippen LogP contribution is 2.25. The monoisotopic (exact) mass is 378 g/mol. The summed E-state index contributed by atoms with van der Waals surface area (Å²) in [5.41, 5.74) is 3.33. The third-order valence-electron chi connectivity index (χ3n) is 3.98. The van der Waals surface area contributed by atoms with Crippen molar-refractivity contribution in [3.8, 4) is 0 Å². The van der Waals surface area contributed by atoms with E-state index < -0.39 is 0 Å². The lowest BCUT2D eigenvalue weighted by molar-refractivity contribution is -0.127. The number of carbonyl (C=O) groups is 1. The van der Waals surface area contributed by atoms with Crippen molar-refractivity contribution in [3.63, 3.8) is 0 Å². The number of hydrogen-bond donors (Lipinski definition) is 1. The Kier molecular flexibility index (Phi) is 7.08. The number of carbonyl (C=O) groups excluding carboxylic acids is 1. The van der Waals surface area contributed by atoms with Gasteiger partial charge in [-0.25, -0.2) is 9.97 Å². The molecule has 2 rings (SSSR count). The van der Waals surface area contributed by atoms with Gasteiger partial charge in [0, 0.05) is 24.8 Å². The Morgan fingerprint density at radius 3 is 2.64 bits per heavy atom. The molecule has 1 aromatic heterocycles. The minimum atomic E-state index is 0.0719. The Hall–Kier alpha value is -1.79. The molecule has 0 radical (unpaired) electrons. The fourth-order valence-corrected chi connectivity index (χ4v) is 3.34. The smallest absolute Gasteiger partial charge is 0.233 e. The summed E-state index contributed by atoms with van der Waals surface area (Å²) in [5, 5.41) is 4.12. The van der Waals surface area contributed by atoms with Crippen LogP contribution in [0.1, 0.15) is 25.0 Å². The van der Waals surface area contributed by atoms with E-state index in [9.17, 15) is 4.79 Å². The second-order valence-corrected chi connectivity index (χ2v) is 6.92. The summed E-state index contributed by atoms with van der Waals surface area (Å²) in [6.07, 6.45) is 0. The molecule has 0 fully saturated rings. The standard InChI is InChI=1S/C18H23ClN4OS/c1-5-23(6-2)17(24)11-25-18-21-15(19)10-16(22-18)20-14-9-7-8-12(3)13(14)4/h7-10H,5-6,11H2,1-4H3,(H,20,21,22). The summed E-state index contributed by atoms with van der Waals surface area (Å²) in [4.78, 5) is 22.6. The van der Waals surface area contributed by atoms with Crippen LogP contribution in [0.4, 0.5) is 11.5 Å². The number of anilines is 2. The zero-order valence-corrected chi connectivity index (χ0v) is 16.5. The second-order valence-electron chi connectivity index (χ2n) is 5.59. The van der Waals surface area contributed by atoms with Gasteiger partial charge < -0.3 is 10.2 Å². The van der Waals surface area contributed by atoms with Gasteiger partial charge in [-0.3, -0.25) is 4.79 Å². The zero-order chi connectivity index (χ0) is 18.4. The predicted molar refractivity (Wildman–Crippen MR) is 105 cm³/mol. The number of amides is 1. The van der Waals surface area contributed by atoms with Crippen LogP contribution in [0, 0.1) is 13.8 Å². The van der Waals surface area contributed by atoms with Crippen LogP contribution in [0.15, 0.2) is 29.4 Å². The van der Waals surface area contributed by atoms with E-state index in [2.05, 4.69) is 35.2 Å². The number of nitrogens with one attached hydrogen (secondary N) is 1. The Morgan fingerprint density at radius 1 is 1.24 bits per heavy atom. The van der Waals surface area contributed by atoms with Gasteiger partial charge in [0.15, 0.2) is 5.16 Å². The van der Waals surface area contributed by atoms with Crippen LogP contribution in [0.5, 0.6) is 0 Å². The first-order chi connectivity index (χ1) is 11.9. The maximum atomic E-state index is 12.1. The average molecular weight is 379 g/mol. The number of aromatic nitrogens is 2. The van der Waals surface area contributed by atoms with Crippen molar-refractivity contribution in [2.75, 3.05) is 24.2 Å². The molecule has 0 aliphatic rings. The molecule has 2 aromatic rings. The van der Waals surface area contributed by atoms with Gasteiger partial charge in [0.25, 0.3) is 0 Å². The Balaban J connectivity index is 2.12. The zero-order valence-electron chi connectivity index (χ0n) is 15.0. The predicted octanol–water partition coefficient (Wildman–Crippen LogP) is 4.45. The molecule has 134 valence electrons. The molecule has 1 N–H and O–H groups in total. The number of nitrogens with zero attached hydrogens (tertiary/aromatic N) is 3. The largest absolute Gasteiger partial charge is 0.343 e. The summed E-state index contributed by atoms with van der Waals surface area (Å²) in [6, 6.07) is 7.73. The van der Waals surface area contributed by atoms with Gasteiger partial charge in [0.1, 0.15) is 11.0 Å². The normalized spacial score (nSPS) is 10.6. The highest BCUT2D eigenvalue weighted by molar-refractivity contribution is 7.99. The number of hydrogen-bond acceptors (Lipinski definition) is 5. The molecule has 7 heteroatoms. The van der Waals surface area contributed by atoms with Crippen LogP contribution in [0.2, 0.25) is 5.15 Å². The maximum absolute atomic E-state index is 12.1. The van der Waals surface area contributed by atoms with Crippen molar-refractivity contribution >= 4 is 40.8 Å². The Labute approximate surface area is 158 Å². The van der Waals surface area contributed by atoms with Crippen LogP contribution in [-0.4, -0.2) is 39.6 Å². The van der Waals surface area contributed by atoms with E-state index in [4.69, 9.17) is 11.6 Å². The molecule has 0 atom stereocenters. The Bertz CT molecular complexity index is 750. The summed E-state index contributed by atoms with van der Waals surface area (Å²) in [7, 11) is 0. The minimum Gasteiger partial charge on any atom is -0.343 e. The quantitative estimate of drug-likeness (QED) is 0.438. The highest BCUT2D eigenvalue weighted by Gasteiger charge is 2.12. The van der Waals surface area contributed by atoms with Gasteiger partial charge in [0.05, 0.1) is 5.75 Å². The number of rotatable bonds is 7. The van der Waals surface area contributed by atoms with Crippen molar-refractivity contribution in [2.24, 2.45) is 0 Å². The van der Waals surface area contributed by atoms with Gasteiger partial charge >= 0.3 is 0 Å². The molecule has 1 amide bonds. The van der Waals surface area contributed by atoms with Gasteiger partial charge in [-0.1, -0.05) is 35.5 Å². The third kappa shape index (κ3) is 5.34. The van der Waals surface area contributed by atoms with Crippen molar-refractivity contribution in [1.82, 2.24) is 14.9 Å². The number of aryl methyl sites for hydroxylation is 1. The molecule has 5 nitrogen and oxygen atoms in total. The SMILES string of the molecule is CCN(CC)C(=O)CSc1nc(Cl)cc(Nc2cccc(C)c2C)n1. The van der Waals surface area contributed by atoms with E-state index in [1.165, 1.54) is 17.3 Å². The molecule has 0 unspecified atom stereocenters. The lowest BCUT2D eigenvalue weighted by Crippen LogP contribution is -2.31. The summed E-state index contributed by atoms with van der Waals surface area (Å²) in [5.74, 6) is 0.986. The van der Waals surface area contributed by atoms with Crippen LogP contribution in [-0.2, 0) is 4.79 Å². The summed E-state index contributed by atoms with van der Waals surface area (Å²) in [6.45, 7) is 9.45. The molecular formula is C18H23ClN4OS. The summed E-state index contributed by atoms with van der Waals surface area (Å²) < 4.78 is 0.